The van der Waals surface area contributed by atoms with Gasteiger partial charge in [-0.1, -0.05) is 207 Å². The fourth-order valence-electron chi connectivity index (χ4n) is 7.86. The van der Waals surface area contributed by atoms with Crippen LogP contribution >= 0.6 is 18.6 Å². The summed E-state index contributed by atoms with van der Waals surface area (Å²) in [5.74, 6) is -1.59. The van der Waals surface area contributed by atoms with Gasteiger partial charge in [-0.2, -0.15) is 0 Å². The lowest BCUT2D eigenvalue weighted by molar-refractivity contribution is -0.147. The summed E-state index contributed by atoms with van der Waals surface area (Å²) < 4.78 is 15.8. The first-order valence-corrected chi connectivity index (χ1v) is 22.4. The highest BCUT2D eigenvalue weighted by atomic mass is 32.2. The molecule has 9 heteroatoms. The predicted molar refractivity (Wildman–Crippen MR) is 244 cm³/mol. The van der Waals surface area contributed by atoms with Gasteiger partial charge in [-0.05, 0) is 39.0 Å². The van der Waals surface area contributed by atoms with Crippen molar-refractivity contribution in [2.24, 2.45) is 5.92 Å². The fourth-order valence-corrected chi connectivity index (χ4v) is 14.2. The Morgan fingerprint density at radius 3 is 1.37 bits per heavy atom. The van der Waals surface area contributed by atoms with Gasteiger partial charge in [-0.15, -0.1) is 11.8 Å². The third kappa shape index (κ3) is 8.26. The van der Waals surface area contributed by atoms with Crippen molar-refractivity contribution in [2.75, 3.05) is 19.8 Å². The van der Waals surface area contributed by atoms with Crippen LogP contribution in [0.4, 0.5) is 4.79 Å². The first-order valence-electron chi connectivity index (χ1n) is 19.8. The smallest absolute Gasteiger partial charge is 0.457 e. The van der Waals surface area contributed by atoms with Gasteiger partial charge in [-0.3, -0.25) is 9.69 Å². The van der Waals surface area contributed by atoms with Crippen molar-refractivity contribution < 1.29 is 28.6 Å². The molecule has 0 saturated carbocycles. The van der Waals surface area contributed by atoms with E-state index in [4.69, 9.17) is 14.2 Å². The molecule has 1 aliphatic heterocycles. The first kappa shape index (κ1) is 41.8. The molecular weight excluding hydrogens is 786 g/mol. The molecule has 1 amide bonds. The zero-order chi connectivity index (χ0) is 41.8. The Hall–Kier alpha value is -6.34. The number of hydrogen-bond acceptors (Lipinski definition) is 7. The van der Waals surface area contributed by atoms with Crippen molar-refractivity contribution in [2.45, 2.75) is 16.5 Å². The topological polar surface area (TPSA) is 82.1 Å². The SMILES string of the molecule is C=CCOC(=O)OCC[C@H]1C(=O)N(C(C(=O)OCC=C)=P(c2ccccc2)(c2ccccc2)c2ccccc2)[C@@H]1SC(c1ccccc1)(c1ccccc1)c1ccccc1. The number of hydrogen-bond donors (Lipinski definition) is 0. The Labute approximate surface area is 356 Å². The second-order valence-electron chi connectivity index (χ2n) is 14.0. The molecule has 0 bridgehead atoms. The van der Waals surface area contributed by atoms with Crippen LogP contribution in [0.1, 0.15) is 23.1 Å². The molecule has 1 fully saturated rings. The van der Waals surface area contributed by atoms with Crippen molar-refractivity contribution in [1.29, 1.82) is 0 Å². The standard InChI is InChI=1S/C51H46NO6PS/c1-3-36-56-49(54)47(59(42-29-17-8-18-30-42,43-31-19-9-20-32-43)44-33-21-10-22-34-44)52-46(53)45(35-38-58-50(55)57-37-4-2)48(52)60-51(39-23-11-5-12-24-39,40-25-13-6-14-26-40)41-27-15-7-16-28-41/h3-34,45,48H,1-2,35-38H2/t45-,48+/m0/s1. The molecule has 0 spiro atoms. The molecule has 1 heterocycles. The van der Waals surface area contributed by atoms with E-state index in [9.17, 15) is 4.79 Å². The number of thioether (sulfide) groups is 1. The van der Waals surface area contributed by atoms with E-state index < -0.39 is 35.0 Å². The van der Waals surface area contributed by atoms with Crippen molar-refractivity contribution in [3.63, 3.8) is 0 Å². The number of β-lactam (4-membered cyclic amide) rings is 1. The van der Waals surface area contributed by atoms with Gasteiger partial charge < -0.3 is 14.2 Å². The van der Waals surface area contributed by atoms with E-state index in [1.54, 1.807) is 16.7 Å². The summed E-state index contributed by atoms with van der Waals surface area (Å²) in [6, 6.07) is 60.4. The summed E-state index contributed by atoms with van der Waals surface area (Å²) in [4.78, 5) is 44.9. The van der Waals surface area contributed by atoms with Gasteiger partial charge in [0.05, 0.1) is 22.6 Å². The van der Waals surface area contributed by atoms with Crippen LogP contribution in [0.25, 0.3) is 0 Å². The lowest BCUT2D eigenvalue weighted by atomic mass is 9.84. The molecule has 7 nitrogen and oxygen atoms in total. The average Bonchev–Trinajstić information content (AvgIpc) is 3.31. The van der Waals surface area contributed by atoms with Crippen molar-refractivity contribution >= 4 is 58.0 Å². The monoisotopic (exact) mass is 831 g/mol. The van der Waals surface area contributed by atoms with Crippen LogP contribution < -0.4 is 15.9 Å². The Morgan fingerprint density at radius 2 is 0.967 bits per heavy atom. The zero-order valence-corrected chi connectivity index (χ0v) is 34.8. The normalized spacial score (nSPS) is 14.9. The quantitative estimate of drug-likeness (QED) is 0.0298. The van der Waals surface area contributed by atoms with Gasteiger partial charge in [0, 0.05) is 6.89 Å². The fraction of sp³-hybridized carbons (Fsp3) is 0.137. The van der Waals surface area contributed by atoms with Gasteiger partial charge in [0.2, 0.25) is 5.91 Å². The van der Waals surface area contributed by atoms with Crippen molar-refractivity contribution in [3.05, 3.63) is 224 Å². The lowest BCUT2D eigenvalue weighted by Crippen LogP contribution is -2.65. The number of esters is 1. The maximum atomic E-state index is 15.4. The third-order valence-electron chi connectivity index (χ3n) is 10.5. The van der Waals surface area contributed by atoms with E-state index in [1.807, 2.05) is 146 Å². The summed E-state index contributed by atoms with van der Waals surface area (Å²) >= 11 is 1.59. The molecule has 0 aromatic heterocycles. The minimum Gasteiger partial charge on any atom is -0.457 e. The Kier molecular flexibility index (Phi) is 13.7. The highest BCUT2D eigenvalue weighted by Crippen LogP contribution is 2.57. The van der Waals surface area contributed by atoms with Crippen LogP contribution in [0.15, 0.2) is 207 Å². The van der Waals surface area contributed by atoms with E-state index in [0.717, 1.165) is 32.6 Å². The number of ether oxygens (including phenoxy) is 3. The van der Waals surface area contributed by atoms with E-state index in [1.165, 1.54) is 12.2 Å². The van der Waals surface area contributed by atoms with Crippen LogP contribution in [0, 0.1) is 5.92 Å². The van der Waals surface area contributed by atoms with Gasteiger partial charge in [0.1, 0.15) is 18.6 Å². The number of amides is 1. The van der Waals surface area contributed by atoms with Crippen LogP contribution in [-0.4, -0.2) is 53.5 Å². The molecule has 1 saturated heterocycles. The number of benzene rings is 6. The summed E-state index contributed by atoms with van der Waals surface area (Å²) in [6.07, 6.45) is 2.32. The molecule has 0 unspecified atom stereocenters. The Balaban J connectivity index is 1.55. The van der Waals surface area contributed by atoms with Crippen molar-refractivity contribution in [1.82, 2.24) is 4.90 Å². The molecule has 60 heavy (non-hydrogen) atoms. The molecule has 0 radical (unpaired) electrons. The van der Waals surface area contributed by atoms with Gasteiger partial charge in [0.15, 0.2) is 0 Å². The molecular formula is C51H46NO6PS. The molecule has 6 aromatic rings. The number of likely N-dealkylation sites (tertiary alicyclic amines) is 1. The Morgan fingerprint density at radius 1 is 0.583 bits per heavy atom. The number of carbonyl (C=O) groups excluding carboxylic acids is 3. The van der Waals surface area contributed by atoms with E-state index in [0.29, 0.717) is 0 Å². The van der Waals surface area contributed by atoms with Crippen LogP contribution in [0.5, 0.6) is 0 Å². The minimum atomic E-state index is -3.23. The van der Waals surface area contributed by atoms with Crippen LogP contribution in [0.3, 0.4) is 0 Å². The molecule has 7 rings (SSSR count). The lowest BCUT2D eigenvalue weighted by Gasteiger charge is -2.52. The summed E-state index contributed by atoms with van der Waals surface area (Å²) in [5.41, 5.74) is 3.21. The Bertz CT molecular complexity index is 2250. The second-order valence-corrected chi connectivity index (χ2v) is 18.6. The van der Waals surface area contributed by atoms with Gasteiger partial charge >= 0.3 is 12.1 Å². The predicted octanol–water partition coefficient (Wildman–Crippen LogP) is 9.08. The number of nitrogens with zero attached hydrogens (tertiary/aromatic N) is 1. The largest absolute Gasteiger partial charge is 0.508 e. The zero-order valence-electron chi connectivity index (χ0n) is 33.1. The third-order valence-corrected chi connectivity index (χ3v) is 16.5. The minimum absolute atomic E-state index is 0.00340. The van der Waals surface area contributed by atoms with Crippen LogP contribution in [0.2, 0.25) is 0 Å². The summed E-state index contributed by atoms with van der Waals surface area (Å²) in [7, 11) is 0. The van der Waals surface area contributed by atoms with Gasteiger partial charge in [-0.25, -0.2) is 9.59 Å². The maximum absolute atomic E-state index is 15.4. The molecule has 0 aliphatic carbocycles. The number of rotatable bonds is 17. The molecule has 6 aromatic carbocycles. The molecule has 1 aliphatic rings. The highest BCUT2D eigenvalue weighted by molar-refractivity contribution is 8.01. The van der Waals surface area contributed by atoms with E-state index >= 15 is 9.59 Å². The molecule has 302 valence electrons. The van der Waals surface area contributed by atoms with E-state index in [2.05, 4.69) is 49.6 Å². The highest BCUT2D eigenvalue weighted by Gasteiger charge is 2.57. The summed E-state index contributed by atoms with van der Waals surface area (Å²) in [5, 5.41) is 1.96. The molecule has 0 N–H and O–H groups in total. The van der Waals surface area contributed by atoms with Crippen molar-refractivity contribution in [3.8, 4) is 0 Å². The van der Waals surface area contributed by atoms with E-state index in [-0.39, 0.29) is 37.6 Å². The summed E-state index contributed by atoms with van der Waals surface area (Å²) in [6.45, 7) is 4.07. The average molecular weight is 832 g/mol. The first-order chi connectivity index (χ1) is 29.5. The van der Waals surface area contributed by atoms with Gasteiger partial charge in [0.25, 0.3) is 0 Å². The molecule has 2 atom stereocenters. The van der Waals surface area contributed by atoms with Crippen LogP contribution in [-0.2, 0) is 28.5 Å². The second kappa shape index (κ2) is 19.6. The maximum Gasteiger partial charge on any atom is 0.508 e. The number of carbonyl (C=O) groups is 3.